The fourth-order valence-electron chi connectivity index (χ4n) is 3.36. The Labute approximate surface area is 181 Å². The van der Waals surface area contributed by atoms with Gasteiger partial charge in [-0.3, -0.25) is 15.5 Å². The number of hydrazine groups is 1. The van der Waals surface area contributed by atoms with E-state index in [0.29, 0.717) is 24.2 Å². The smallest absolute Gasteiger partial charge is 0.405 e. The van der Waals surface area contributed by atoms with Gasteiger partial charge in [0.05, 0.1) is 0 Å². The first-order chi connectivity index (χ1) is 15.4. The maximum Gasteiger partial charge on any atom is 0.573 e. The van der Waals surface area contributed by atoms with E-state index in [4.69, 9.17) is 0 Å². The maximum atomic E-state index is 12.8. The number of aromatic nitrogens is 1. The number of ether oxygens (including phenoxy) is 1. The number of anilines is 1. The number of rotatable bonds is 6. The molecule has 3 aromatic rings. The van der Waals surface area contributed by atoms with Gasteiger partial charge in [0.15, 0.2) is 0 Å². The van der Waals surface area contributed by atoms with Crippen molar-refractivity contribution in [2.24, 2.45) is 4.99 Å². The van der Waals surface area contributed by atoms with Gasteiger partial charge in [0, 0.05) is 18.2 Å². The third-order valence-corrected chi connectivity index (χ3v) is 4.68. The summed E-state index contributed by atoms with van der Waals surface area (Å²) in [4.78, 5) is 19.7. The number of guanidine groups is 1. The predicted molar refractivity (Wildman–Crippen MR) is 113 cm³/mol. The molecule has 4 rings (SSSR count). The number of carbonyl (C=O) groups is 1. The van der Waals surface area contributed by atoms with Crippen molar-refractivity contribution in [2.45, 2.75) is 18.9 Å². The highest BCUT2D eigenvalue weighted by Gasteiger charge is 2.32. The molecule has 0 fully saturated rings. The summed E-state index contributed by atoms with van der Waals surface area (Å²) >= 11 is 0. The third-order valence-electron chi connectivity index (χ3n) is 4.68. The molecule has 1 atom stereocenters. The normalized spacial score (nSPS) is 15.7. The van der Waals surface area contributed by atoms with E-state index in [9.17, 15) is 18.0 Å². The standard InChI is InChI=1S/C22H18F3N5O2/c23-22(24,25)32-18-9-5-4-8-17(18)16-10-11-26-19(13-16)30-20(28-21(29-30)27-14-31)12-15-6-2-1-3-7-15/h1-11,13-14,20H,12H2,(H2,27,28,29,31). The van der Waals surface area contributed by atoms with E-state index in [1.54, 1.807) is 23.2 Å². The minimum atomic E-state index is -4.81. The average molecular weight is 441 g/mol. The van der Waals surface area contributed by atoms with Crippen LogP contribution in [0.4, 0.5) is 19.0 Å². The van der Waals surface area contributed by atoms with Gasteiger partial charge in [0.2, 0.25) is 12.4 Å². The van der Waals surface area contributed by atoms with E-state index in [1.807, 2.05) is 30.3 Å². The van der Waals surface area contributed by atoms with Crippen LogP contribution in [-0.2, 0) is 11.2 Å². The number of amides is 1. The molecular formula is C22H18F3N5O2. The first kappa shape index (κ1) is 21.2. The summed E-state index contributed by atoms with van der Waals surface area (Å²) < 4.78 is 42.7. The van der Waals surface area contributed by atoms with Crippen LogP contribution in [-0.4, -0.2) is 29.9 Å². The molecule has 1 unspecified atom stereocenters. The first-order valence-corrected chi connectivity index (χ1v) is 9.62. The lowest BCUT2D eigenvalue weighted by Gasteiger charge is -2.24. The highest BCUT2D eigenvalue weighted by atomic mass is 19.4. The summed E-state index contributed by atoms with van der Waals surface area (Å²) in [5.74, 6) is 0.345. The molecular weight excluding hydrogens is 423 g/mol. The van der Waals surface area contributed by atoms with Gasteiger partial charge in [-0.2, -0.15) is 0 Å². The Hall–Kier alpha value is -4.08. The number of hydrogen-bond donors (Lipinski definition) is 2. The quantitative estimate of drug-likeness (QED) is 0.571. The highest BCUT2D eigenvalue weighted by Crippen LogP contribution is 2.35. The first-order valence-electron chi connectivity index (χ1n) is 9.62. The second-order valence-electron chi connectivity index (χ2n) is 6.84. The van der Waals surface area contributed by atoms with Crippen LogP contribution in [0.5, 0.6) is 5.75 Å². The number of halogens is 3. The van der Waals surface area contributed by atoms with Crippen molar-refractivity contribution >= 4 is 18.2 Å². The van der Waals surface area contributed by atoms with Gasteiger partial charge in [-0.25, -0.2) is 15.0 Å². The number of nitrogens with zero attached hydrogens (tertiary/aromatic N) is 3. The second kappa shape index (κ2) is 8.96. The number of pyridine rings is 1. The summed E-state index contributed by atoms with van der Waals surface area (Å²) in [7, 11) is 0. The van der Waals surface area contributed by atoms with Gasteiger partial charge < -0.3 is 4.74 Å². The van der Waals surface area contributed by atoms with Crippen LogP contribution < -0.4 is 20.5 Å². The molecule has 0 radical (unpaired) electrons. The molecule has 1 aromatic heterocycles. The molecule has 0 aliphatic carbocycles. The number of benzene rings is 2. The van der Waals surface area contributed by atoms with E-state index < -0.39 is 12.5 Å². The molecule has 0 saturated heterocycles. The number of carbonyl (C=O) groups excluding carboxylic acids is 1. The number of nitrogens with one attached hydrogen (secondary N) is 2. The number of para-hydroxylation sites is 1. The molecule has 2 heterocycles. The van der Waals surface area contributed by atoms with E-state index in [0.717, 1.165) is 5.56 Å². The molecule has 1 aliphatic rings. The SMILES string of the molecule is O=CNC1=NC(Cc2ccccc2)N(c2cc(-c3ccccc3OC(F)(F)F)ccn2)N1. The lowest BCUT2D eigenvalue weighted by molar-refractivity contribution is -0.274. The fourth-order valence-corrected chi connectivity index (χ4v) is 3.36. The van der Waals surface area contributed by atoms with Crippen LogP contribution in [0.2, 0.25) is 0 Å². The molecule has 1 aliphatic heterocycles. The van der Waals surface area contributed by atoms with Crippen molar-refractivity contribution in [1.82, 2.24) is 15.7 Å². The van der Waals surface area contributed by atoms with Crippen molar-refractivity contribution in [1.29, 1.82) is 0 Å². The van der Waals surface area contributed by atoms with E-state index in [1.165, 1.54) is 24.4 Å². The zero-order valence-electron chi connectivity index (χ0n) is 16.6. The molecule has 2 aromatic carbocycles. The van der Waals surface area contributed by atoms with Crippen molar-refractivity contribution in [3.63, 3.8) is 0 Å². The summed E-state index contributed by atoms with van der Waals surface area (Å²) in [6.07, 6.45) is -2.75. The van der Waals surface area contributed by atoms with Crippen LogP contribution in [0, 0.1) is 0 Å². The monoisotopic (exact) mass is 441 g/mol. The zero-order valence-corrected chi connectivity index (χ0v) is 16.6. The lowest BCUT2D eigenvalue weighted by atomic mass is 10.1. The molecule has 32 heavy (non-hydrogen) atoms. The molecule has 0 bridgehead atoms. The average Bonchev–Trinajstić information content (AvgIpc) is 3.16. The molecule has 0 spiro atoms. The van der Waals surface area contributed by atoms with Gasteiger partial charge >= 0.3 is 6.36 Å². The Morgan fingerprint density at radius 3 is 2.59 bits per heavy atom. The van der Waals surface area contributed by atoms with Crippen molar-refractivity contribution in [3.05, 3.63) is 78.5 Å². The summed E-state index contributed by atoms with van der Waals surface area (Å²) in [6, 6.07) is 18.7. The number of alkyl halides is 3. The van der Waals surface area contributed by atoms with Crippen LogP contribution in [0.15, 0.2) is 77.9 Å². The second-order valence-corrected chi connectivity index (χ2v) is 6.84. The Morgan fingerprint density at radius 1 is 1.09 bits per heavy atom. The summed E-state index contributed by atoms with van der Waals surface area (Å²) in [5.41, 5.74) is 4.73. The Balaban J connectivity index is 1.66. The molecule has 164 valence electrons. The van der Waals surface area contributed by atoms with Crippen LogP contribution in [0.25, 0.3) is 11.1 Å². The molecule has 1 amide bonds. The van der Waals surface area contributed by atoms with Crippen LogP contribution in [0.3, 0.4) is 0 Å². The van der Waals surface area contributed by atoms with E-state index in [-0.39, 0.29) is 17.3 Å². The number of aliphatic imine (C=N–C) groups is 1. The number of hydrogen-bond acceptors (Lipinski definition) is 6. The third kappa shape index (κ3) is 4.97. The summed E-state index contributed by atoms with van der Waals surface area (Å²) in [6.45, 7) is 0. The zero-order chi connectivity index (χ0) is 22.6. The van der Waals surface area contributed by atoms with Gasteiger partial charge in [0.1, 0.15) is 17.7 Å². The lowest BCUT2D eigenvalue weighted by Crippen LogP contribution is -2.46. The predicted octanol–water partition coefficient (Wildman–Crippen LogP) is 3.64. The van der Waals surface area contributed by atoms with Crippen LogP contribution in [0.1, 0.15) is 5.56 Å². The minimum Gasteiger partial charge on any atom is -0.405 e. The van der Waals surface area contributed by atoms with Crippen LogP contribution >= 0.6 is 0 Å². The van der Waals surface area contributed by atoms with Crippen molar-refractivity contribution in [2.75, 3.05) is 5.01 Å². The Bertz CT molecular complexity index is 1120. The molecule has 0 saturated carbocycles. The minimum absolute atomic E-state index is 0.244. The van der Waals surface area contributed by atoms with Crippen molar-refractivity contribution < 1.29 is 22.7 Å². The van der Waals surface area contributed by atoms with E-state index in [2.05, 4.69) is 25.5 Å². The Morgan fingerprint density at radius 2 is 1.84 bits per heavy atom. The maximum absolute atomic E-state index is 12.8. The van der Waals surface area contributed by atoms with Gasteiger partial charge in [-0.15, -0.1) is 13.2 Å². The van der Waals surface area contributed by atoms with Crippen molar-refractivity contribution in [3.8, 4) is 16.9 Å². The molecule has 7 nitrogen and oxygen atoms in total. The van der Waals surface area contributed by atoms with E-state index >= 15 is 0 Å². The molecule has 2 N–H and O–H groups in total. The van der Waals surface area contributed by atoms with Gasteiger partial charge in [0.25, 0.3) is 0 Å². The van der Waals surface area contributed by atoms with Gasteiger partial charge in [-0.1, -0.05) is 48.5 Å². The van der Waals surface area contributed by atoms with Gasteiger partial charge in [-0.05, 0) is 29.3 Å². The fraction of sp³-hybridized carbons (Fsp3) is 0.136. The molecule has 10 heteroatoms. The highest BCUT2D eigenvalue weighted by molar-refractivity contribution is 5.91. The topological polar surface area (TPSA) is 78.9 Å². The largest absolute Gasteiger partial charge is 0.573 e. The summed E-state index contributed by atoms with van der Waals surface area (Å²) in [5, 5.41) is 4.13. The Kier molecular flexibility index (Phi) is 5.93.